The van der Waals surface area contributed by atoms with Crippen molar-refractivity contribution in [2.24, 2.45) is 0 Å². The van der Waals surface area contributed by atoms with Crippen molar-refractivity contribution < 1.29 is 19.1 Å². The number of nitrogens with zero attached hydrogens (tertiary/aromatic N) is 1. The lowest BCUT2D eigenvalue weighted by Gasteiger charge is -2.19. The number of ether oxygens (including phenoxy) is 1. The van der Waals surface area contributed by atoms with E-state index in [1.54, 1.807) is 12.1 Å². The van der Waals surface area contributed by atoms with Crippen LogP contribution in [-0.4, -0.2) is 42.3 Å². The molecule has 1 saturated heterocycles. The predicted molar refractivity (Wildman–Crippen MR) is 73.6 cm³/mol. The quantitative estimate of drug-likeness (QED) is 0.757. The average Bonchev–Trinajstić information content (AvgIpc) is 2.72. The molecule has 1 atom stereocenters. The topological polar surface area (TPSA) is 87.7 Å². The van der Waals surface area contributed by atoms with E-state index < -0.39 is 6.04 Å². The zero-order valence-corrected chi connectivity index (χ0v) is 11.5. The van der Waals surface area contributed by atoms with Gasteiger partial charge in [0.25, 0.3) is 5.91 Å². The van der Waals surface area contributed by atoms with Crippen molar-refractivity contribution in [3.63, 3.8) is 0 Å². The molecule has 0 bridgehead atoms. The number of fused-ring (bicyclic) bond motifs is 1. The molecule has 2 heterocycles. The summed E-state index contributed by atoms with van der Waals surface area (Å²) < 4.78 is 5.28. The van der Waals surface area contributed by atoms with Gasteiger partial charge in [0.1, 0.15) is 5.75 Å². The van der Waals surface area contributed by atoms with Crippen LogP contribution in [0.2, 0.25) is 0 Å². The smallest absolute Gasteiger partial charge is 0.262 e. The summed E-state index contributed by atoms with van der Waals surface area (Å²) in [5, 5.41) is 5.79. The van der Waals surface area contributed by atoms with Gasteiger partial charge in [-0.3, -0.25) is 19.3 Å². The van der Waals surface area contributed by atoms with Crippen molar-refractivity contribution in [2.45, 2.75) is 19.0 Å². The minimum atomic E-state index is -0.482. The SMILES string of the molecule is CN1C(=O)CC(NCc2ccc3c(c2)NC(=O)CO3)C1=O. The van der Waals surface area contributed by atoms with Crippen molar-refractivity contribution in [2.75, 3.05) is 19.0 Å². The Balaban J connectivity index is 1.66. The Morgan fingerprint density at radius 1 is 1.38 bits per heavy atom. The summed E-state index contributed by atoms with van der Waals surface area (Å²) in [4.78, 5) is 35.6. The van der Waals surface area contributed by atoms with E-state index in [-0.39, 0.29) is 30.7 Å². The lowest BCUT2D eigenvalue weighted by molar-refractivity contribution is -0.137. The second-order valence-corrected chi connectivity index (χ2v) is 5.10. The fourth-order valence-electron chi connectivity index (χ4n) is 2.40. The molecule has 1 unspecified atom stereocenters. The van der Waals surface area contributed by atoms with Gasteiger partial charge in [0.05, 0.1) is 18.2 Å². The molecule has 7 heteroatoms. The summed E-state index contributed by atoms with van der Waals surface area (Å²) in [6.45, 7) is 0.455. The van der Waals surface area contributed by atoms with Crippen molar-refractivity contribution in [3.8, 4) is 5.75 Å². The first-order valence-electron chi connectivity index (χ1n) is 6.64. The third-order valence-electron chi connectivity index (χ3n) is 3.61. The van der Waals surface area contributed by atoms with Crippen LogP contribution in [0.15, 0.2) is 18.2 Å². The van der Waals surface area contributed by atoms with E-state index in [9.17, 15) is 14.4 Å². The molecule has 3 amide bonds. The number of hydrogen-bond acceptors (Lipinski definition) is 5. The molecule has 1 aromatic carbocycles. The number of benzene rings is 1. The Morgan fingerprint density at radius 2 is 2.19 bits per heavy atom. The zero-order valence-electron chi connectivity index (χ0n) is 11.5. The maximum atomic E-state index is 11.8. The highest BCUT2D eigenvalue weighted by Crippen LogP contribution is 2.28. The second kappa shape index (κ2) is 5.17. The third-order valence-corrected chi connectivity index (χ3v) is 3.61. The van der Waals surface area contributed by atoms with Crippen LogP contribution in [0.1, 0.15) is 12.0 Å². The molecular weight excluding hydrogens is 274 g/mol. The number of nitrogens with one attached hydrogen (secondary N) is 2. The number of carbonyl (C=O) groups excluding carboxylic acids is 3. The normalized spacial score (nSPS) is 21.1. The first kappa shape index (κ1) is 13.6. The van der Waals surface area contributed by atoms with Crippen molar-refractivity contribution in [3.05, 3.63) is 23.8 Å². The molecule has 0 spiro atoms. The molecule has 2 N–H and O–H groups in total. The Bertz CT molecular complexity index is 629. The maximum Gasteiger partial charge on any atom is 0.262 e. The number of hydrogen-bond donors (Lipinski definition) is 2. The van der Waals surface area contributed by atoms with Crippen molar-refractivity contribution in [1.29, 1.82) is 0 Å². The molecule has 2 aliphatic rings. The van der Waals surface area contributed by atoms with Crippen LogP contribution in [0.25, 0.3) is 0 Å². The summed E-state index contributed by atoms with van der Waals surface area (Å²) >= 11 is 0. The van der Waals surface area contributed by atoms with Crippen LogP contribution in [0, 0.1) is 0 Å². The molecule has 0 saturated carbocycles. The lowest BCUT2D eigenvalue weighted by atomic mass is 10.1. The number of anilines is 1. The number of likely N-dealkylation sites (N-methyl/N-ethyl adjacent to an activating group) is 1. The minimum absolute atomic E-state index is 0.0234. The average molecular weight is 289 g/mol. The van der Waals surface area contributed by atoms with Crippen LogP contribution in [0.5, 0.6) is 5.75 Å². The van der Waals surface area contributed by atoms with Gasteiger partial charge in [-0.1, -0.05) is 6.07 Å². The summed E-state index contributed by atoms with van der Waals surface area (Å²) in [7, 11) is 1.48. The molecule has 21 heavy (non-hydrogen) atoms. The molecule has 7 nitrogen and oxygen atoms in total. The molecule has 0 aliphatic carbocycles. The summed E-state index contributed by atoms with van der Waals surface area (Å²) in [5.74, 6) is 0.0502. The number of amides is 3. The first-order chi connectivity index (χ1) is 10.0. The minimum Gasteiger partial charge on any atom is -0.482 e. The van der Waals surface area contributed by atoms with Crippen LogP contribution in [0.3, 0.4) is 0 Å². The van der Waals surface area contributed by atoms with Crippen LogP contribution >= 0.6 is 0 Å². The van der Waals surface area contributed by atoms with Gasteiger partial charge in [-0.25, -0.2) is 0 Å². The van der Waals surface area contributed by atoms with Gasteiger partial charge < -0.3 is 15.4 Å². The standard InChI is InChI=1S/C14H15N3O4/c1-17-13(19)5-10(14(17)20)15-6-8-2-3-11-9(4-8)16-12(18)7-21-11/h2-4,10,15H,5-7H2,1H3,(H,16,18). The molecule has 0 aromatic heterocycles. The number of rotatable bonds is 3. The van der Waals surface area contributed by atoms with E-state index in [2.05, 4.69) is 10.6 Å². The van der Waals surface area contributed by atoms with Crippen molar-refractivity contribution >= 4 is 23.4 Å². The molecule has 0 radical (unpaired) electrons. The van der Waals surface area contributed by atoms with Gasteiger partial charge >= 0.3 is 0 Å². The van der Waals surface area contributed by atoms with Gasteiger partial charge in [-0.2, -0.15) is 0 Å². The Kier molecular flexibility index (Phi) is 3.34. The lowest BCUT2D eigenvalue weighted by Crippen LogP contribution is -2.36. The first-order valence-corrected chi connectivity index (χ1v) is 6.64. The highest BCUT2D eigenvalue weighted by atomic mass is 16.5. The monoisotopic (exact) mass is 289 g/mol. The number of imide groups is 1. The Labute approximate surface area is 121 Å². The van der Waals surface area contributed by atoms with Gasteiger partial charge in [0, 0.05) is 13.6 Å². The summed E-state index contributed by atoms with van der Waals surface area (Å²) in [5.41, 5.74) is 1.52. The molecule has 110 valence electrons. The fraction of sp³-hybridized carbons (Fsp3) is 0.357. The van der Waals surface area contributed by atoms with Crippen LogP contribution in [-0.2, 0) is 20.9 Å². The van der Waals surface area contributed by atoms with E-state index in [0.717, 1.165) is 10.5 Å². The molecule has 2 aliphatic heterocycles. The molecule has 1 fully saturated rings. The number of carbonyl (C=O) groups is 3. The molecule has 3 rings (SSSR count). The fourth-order valence-corrected chi connectivity index (χ4v) is 2.40. The van der Waals surface area contributed by atoms with Crippen LogP contribution in [0.4, 0.5) is 5.69 Å². The van der Waals surface area contributed by atoms with Gasteiger partial charge in [0.15, 0.2) is 6.61 Å². The van der Waals surface area contributed by atoms with Gasteiger partial charge in [0.2, 0.25) is 11.8 Å². The summed E-state index contributed by atoms with van der Waals surface area (Å²) in [6, 6.07) is 4.95. The van der Waals surface area contributed by atoms with Gasteiger partial charge in [-0.05, 0) is 17.7 Å². The van der Waals surface area contributed by atoms with Gasteiger partial charge in [-0.15, -0.1) is 0 Å². The maximum absolute atomic E-state index is 11.8. The second-order valence-electron chi connectivity index (χ2n) is 5.10. The molecule has 1 aromatic rings. The highest BCUT2D eigenvalue weighted by Gasteiger charge is 2.35. The Morgan fingerprint density at radius 3 is 2.90 bits per heavy atom. The largest absolute Gasteiger partial charge is 0.482 e. The zero-order chi connectivity index (χ0) is 15.0. The number of likely N-dealkylation sites (tertiary alicyclic amines) is 1. The molecular formula is C14H15N3O4. The summed E-state index contributed by atoms with van der Waals surface area (Å²) in [6.07, 6.45) is 0.181. The van der Waals surface area contributed by atoms with E-state index in [1.165, 1.54) is 7.05 Å². The highest BCUT2D eigenvalue weighted by molar-refractivity contribution is 6.05. The Hall–Kier alpha value is -2.41. The van der Waals surface area contributed by atoms with E-state index in [0.29, 0.717) is 18.0 Å². The van der Waals surface area contributed by atoms with Crippen LogP contribution < -0.4 is 15.4 Å². The van der Waals surface area contributed by atoms with Crippen molar-refractivity contribution in [1.82, 2.24) is 10.2 Å². The van der Waals surface area contributed by atoms with E-state index >= 15 is 0 Å². The van der Waals surface area contributed by atoms with E-state index in [4.69, 9.17) is 4.74 Å². The predicted octanol–water partition coefficient (Wildman–Crippen LogP) is -0.136. The third kappa shape index (κ3) is 2.59. The van der Waals surface area contributed by atoms with E-state index in [1.807, 2.05) is 6.07 Å².